The zero-order valence-corrected chi connectivity index (χ0v) is 9.03. The Morgan fingerprint density at radius 3 is 2.62 bits per heavy atom. The highest BCUT2D eigenvalue weighted by atomic mass is 79.9. The molecule has 5 atom stereocenters. The number of halogens is 1. The molecule has 4 heteroatoms. The highest BCUT2D eigenvalue weighted by Crippen LogP contribution is 2.52. The Labute approximate surface area is 85.6 Å². The minimum atomic E-state index is -0.303. The van der Waals surface area contributed by atoms with Crippen molar-refractivity contribution in [3.63, 3.8) is 0 Å². The lowest BCUT2D eigenvalue weighted by Crippen LogP contribution is -2.23. The fourth-order valence-electron chi connectivity index (χ4n) is 2.75. The molecule has 2 bridgehead atoms. The van der Waals surface area contributed by atoms with Crippen LogP contribution in [0.2, 0.25) is 0 Å². The smallest absolute Gasteiger partial charge is 0.309 e. The Hall–Kier alpha value is -0.0900. The summed E-state index contributed by atoms with van der Waals surface area (Å²) in [7, 11) is 1.41. The molecule has 0 aromatic heterocycles. The fraction of sp³-hybridized carbons (Fsp3) is 0.889. The van der Waals surface area contributed by atoms with Gasteiger partial charge in [-0.2, -0.15) is 0 Å². The van der Waals surface area contributed by atoms with Gasteiger partial charge in [0, 0.05) is 4.83 Å². The van der Waals surface area contributed by atoms with Crippen LogP contribution in [0, 0.1) is 17.8 Å². The molecular weight excluding hydrogens is 236 g/mol. The number of hydrogen-bond donors (Lipinski definition) is 1. The lowest BCUT2D eigenvalue weighted by molar-refractivity contribution is -0.147. The van der Waals surface area contributed by atoms with Gasteiger partial charge in [-0.05, 0) is 24.7 Å². The maximum absolute atomic E-state index is 11.4. The third-order valence-corrected chi connectivity index (χ3v) is 4.42. The van der Waals surface area contributed by atoms with Crippen molar-refractivity contribution in [1.29, 1.82) is 0 Å². The van der Waals surface area contributed by atoms with Crippen LogP contribution in [-0.4, -0.2) is 29.1 Å². The van der Waals surface area contributed by atoms with Crippen LogP contribution in [0.5, 0.6) is 0 Å². The van der Waals surface area contributed by atoms with Gasteiger partial charge in [0.2, 0.25) is 0 Å². The van der Waals surface area contributed by atoms with E-state index in [2.05, 4.69) is 15.9 Å². The lowest BCUT2D eigenvalue weighted by atomic mass is 9.97. The van der Waals surface area contributed by atoms with E-state index in [1.165, 1.54) is 7.11 Å². The van der Waals surface area contributed by atoms with Gasteiger partial charge in [0.15, 0.2) is 0 Å². The average molecular weight is 249 g/mol. The second kappa shape index (κ2) is 3.24. The summed E-state index contributed by atoms with van der Waals surface area (Å²) >= 11 is 3.54. The van der Waals surface area contributed by atoms with E-state index in [9.17, 15) is 9.90 Å². The second-order valence-electron chi connectivity index (χ2n) is 3.93. The maximum Gasteiger partial charge on any atom is 0.309 e. The summed E-state index contributed by atoms with van der Waals surface area (Å²) in [6.45, 7) is 0. The van der Waals surface area contributed by atoms with E-state index in [1.54, 1.807) is 0 Å². The van der Waals surface area contributed by atoms with Gasteiger partial charge < -0.3 is 9.84 Å². The van der Waals surface area contributed by atoms with Crippen LogP contribution in [-0.2, 0) is 9.53 Å². The van der Waals surface area contributed by atoms with Crippen LogP contribution in [0.1, 0.15) is 12.8 Å². The molecule has 0 amide bonds. The molecule has 74 valence electrons. The average Bonchev–Trinajstić information content (AvgIpc) is 2.57. The number of esters is 1. The predicted molar refractivity (Wildman–Crippen MR) is 50.4 cm³/mol. The number of carbonyl (C=O) groups excluding carboxylic acids is 1. The standard InChI is InChI=1S/C9H13BrO3/c1-13-9(12)8-4-3-7(11)5(8)2-6(4)10/h4-8,11H,2-3H2,1H3/t4-,5-,6+,7-,8?/m0/s1. The Bertz CT molecular complexity index is 215. The zero-order valence-electron chi connectivity index (χ0n) is 7.44. The van der Waals surface area contributed by atoms with Crippen LogP contribution in [0.3, 0.4) is 0 Å². The Balaban J connectivity index is 2.17. The lowest BCUT2D eigenvalue weighted by Gasteiger charge is -2.19. The first kappa shape index (κ1) is 9.46. The third kappa shape index (κ3) is 1.31. The number of aliphatic hydroxyl groups is 1. The second-order valence-corrected chi connectivity index (χ2v) is 5.11. The van der Waals surface area contributed by atoms with E-state index in [-0.39, 0.29) is 29.8 Å². The molecule has 1 N–H and O–H groups in total. The van der Waals surface area contributed by atoms with Crippen molar-refractivity contribution in [2.75, 3.05) is 7.11 Å². The quantitative estimate of drug-likeness (QED) is 0.555. The van der Waals surface area contributed by atoms with Gasteiger partial charge in [-0.25, -0.2) is 0 Å². The molecule has 0 aromatic rings. The first-order chi connectivity index (χ1) is 6.15. The number of hydrogen-bond acceptors (Lipinski definition) is 3. The van der Waals surface area contributed by atoms with E-state index >= 15 is 0 Å². The summed E-state index contributed by atoms with van der Waals surface area (Å²) in [6, 6.07) is 0. The number of alkyl halides is 1. The Morgan fingerprint density at radius 1 is 1.46 bits per heavy atom. The SMILES string of the molecule is COC(=O)C1[C@H]2C[C@H](O)[C@@H]1C[C@H]2Br. The topological polar surface area (TPSA) is 46.5 Å². The molecule has 0 spiro atoms. The fourth-order valence-corrected chi connectivity index (χ4v) is 3.73. The monoisotopic (exact) mass is 248 g/mol. The summed E-state index contributed by atoms with van der Waals surface area (Å²) in [5.74, 6) is 0.146. The molecule has 0 saturated heterocycles. The van der Waals surface area contributed by atoms with Crippen molar-refractivity contribution in [3.05, 3.63) is 0 Å². The molecule has 2 fully saturated rings. The number of carbonyl (C=O) groups is 1. The van der Waals surface area contributed by atoms with E-state index in [0.717, 1.165) is 12.8 Å². The number of methoxy groups -OCH3 is 1. The number of ether oxygens (including phenoxy) is 1. The van der Waals surface area contributed by atoms with Crippen molar-refractivity contribution in [2.45, 2.75) is 23.8 Å². The zero-order chi connectivity index (χ0) is 9.59. The van der Waals surface area contributed by atoms with E-state index in [0.29, 0.717) is 4.83 Å². The van der Waals surface area contributed by atoms with E-state index in [1.807, 2.05) is 0 Å². The molecule has 0 heterocycles. The minimum Gasteiger partial charge on any atom is -0.469 e. The Kier molecular flexibility index (Phi) is 2.36. The third-order valence-electron chi connectivity index (χ3n) is 3.37. The summed E-state index contributed by atoms with van der Waals surface area (Å²) in [5.41, 5.74) is 0. The molecule has 3 nitrogen and oxygen atoms in total. The molecule has 2 saturated carbocycles. The van der Waals surface area contributed by atoms with Gasteiger partial charge in [-0.1, -0.05) is 15.9 Å². The molecule has 2 aliphatic carbocycles. The maximum atomic E-state index is 11.4. The van der Waals surface area contributed by atoms with Crippen LogP contribution in [0.15, 0.2) is 0 Å². The molecule has 0 aromatic carbocycles. The van der Waals surface area contributed by atoms with Gasteiger partial charge in [0.1, 0.15) is 0 Å². The summed E-state index contributed by atoms with van der Waals surface area (Å²) in [6.07, 6.45) is 1.33. The normalized spacial score (nSPS) is 48.1. The first-order valence-electron chi connectivity index (χ1n) is 4.55. The van der Waals surface area contributed by atoms with E-state index < -0.39 is 0 Å². The first-order valence-corrected chi connectivity index (χ1v) is 5.46. The summed E-state index contributed by atoms with van der Waals surface area (Å²) in [5, 5.41) is 9.62. The highest BCUT2D eigenvalue weighted by Gasteiger charge is 2.55. The molecule has 13 heavy (non-hydrogen) atoms. The highest BCUT2D eigenvalue weighted by molar-refractivity contribution is 9.09. The van der Waals surface area contributed by atoms with Crippen molar-refractivity contribution in [1.82, 2.24) is 0 Å². The minimum absolute atomic E-state index is 0.0793. The van der Waals surface area contributed by atoms with Crippen LogP contribution < -0.4 is 0 Å². The number of fused-ring (bicyclic) bond motifs is 2. The molecule has 2 rings (SSSR count). The molecular formula is C9H13BrO3. The largest absolute Gasteiger partial charge is 0.469 e. The molecule has 1 unspecified atom stereocenters. The summed E-state index contributed by atoms with van der Waals surface area (Å²) < 4.78 is 4.74. The van der Waals surface area contributed by atoms with Crippen molar-refractivity contribution >= 4 is 21.9 Å². The van der Waals surface area contributed by atoms with Gasteiger partial charge in [-0.3, -0.25) is 4.79 Å². The van der Waals surface area contributed by atoms with Crippen LogP contribution in [0.25, 0.3) is 0 Å². The summed E-state index contributed by atoms with van der Waals surface area (Å²) in [4.78, 5) is 11.8. The van der Waals surface area contributed by atoms with Crippen molar-refractivity contribution in [2.24, 2.45) is 17.8 Å². The predicted octanol–water partition coefficient (Wildman–Crippen LogP) is 0.940. The number of rotatable bonds is 1. The molecule has 2 aliphatic rings. The van der Waals surface area contributed by atoms with Crippen LogP contribution in [0.4, 0.5) is 0 Å². The Morgan fingerprint density at radius 2 is 2.15 bits per heavy atom. The van der Waals surface area contributed by atoms with Gasteiger partial charge in [0.25, 0.3) is 0 Å². The van der Waals surface area contributed by atoms with Gasteiger partial charge in [-0.15, -0.1) is 0 Å². The molecule has 0 radical (unpaired) electrons. The number of aliphatic hydroxyl groups excluding tert-OH is 1. The van der Waals surface area contributed by atoms with Gasteiger partial charge in [0.05, 0.1) is 19.1 Å². The van der Waals surface area contributed by atoms with Crippen LogP contribution >= 0.6 is 15.9 Å². The van der Waals surface area contributed by atoms with E-state index in [4.69, 9.17) is 4.74 Å². The molecule has 0 aliphatic heterocycles. The van der Waals surface area contributed by atoms with Gasteiger partial charge >= 0.3 is 5.97 Å². The van der Waals surface area contributed by atoms with Crippen molar-refractivity contribution < 1.29 is 14.6 Å². The van der Waals surface area contributed by atoms with Crippen molar-refractivity contribution in [3.8, 4) is 0 Å².